The SMILES string of the molecule is COC(=O)C1CCCN(C(=O)c2ccccc2I)C1. The van der Waals surface area contributed by atoms with Gasteiger partial charge in [0.1, 0.15) is 0 Å². The number of carbonyl (C=O) groups excluding carboxylic acids is 2. The van der Waals surface area contributed by atoms with E-state index < -0.39 is 0 Å². The Balaban J connectivity index is 2.11. The van der Waals surface area contributed by atoms with E-state index in [1.807, 2.05) is 24.3 Å². The molecule has 1 aromatic carbocycles. The molecule has 0 N–H and O–H groups in total. The topological polar surface area (TPSA) is 46.6 Å². The van der Waals surface area contributed by atoms with Crippen molar-refractivity contribution in [3.8, 4) is 0 Å². The predicted octanol–water partition coefficient (Wildman–Crippen LogP) is 2.32. The Labute approximate surface area is 126 Å². The molecular weight excluding hydrogens is 357 g/mol. The zero-order chi connectivity index (χ0) is 13.8. The Kier molecular flexibility index (Phi) is 4.79. The highest BCUT2D eigenvalue weighted by Crippen LogP contribution is 2.21. The van der Waals surface area contributed by atoms with Crippen molar-refractivity contribution in [2.75, 3.05) is 20.2 Å². The first kappa shape index (κ1) is 14.3. The number of ether oxygens (including phenoxy) is 1. The quantitative estimate of drug-likeness (QED) is 0.591. The number of likely N-dealkylation sites (tertiary alicyclic amines) is 1. The van der Waals surface area contributed by atoms with Crippen LogP contribution in [0.5, 0.6) is 0 Å². The minimum absolute atomic E-state index is 0.00129. The second kappa shape index (κ2) is 6.36. The molecule has 5 heteroatoms. The number of esters is 1. The van der Waals surface area contributed by atoms with Gasteiger partial charge in [-0.3, -0.25) is 9.59 Å². The lowest BCUT2D eigenvalue weighted by atomic mass is 9.97. The molecule has 0 aliphatic carbocycles. The summed E-state index contributed by atoms with van der Waals surface area (Å²) in [5, 5.41) is 0. The number of piperidine rings is 1. The van der Waals surface area contributed by atoms with E-state index in [1.165, 1.54) is 7.11 Å². The van der Waals surface area contributed by atoms with Crippen molar-refractivity contribution < 1.29 is 14.3 Å². The number of methoxy groups -OCH3 is 1. The summed E-state index contributed by atoms with van der Waals surface area (Å²) in [4.78, 5) is 25.8. The van der Waals surface area contributed by atoms with E-state index in [1.54, 1.807) is 4.90 Å². The van der Waals surface area contributed by atoms with Gasteiger partial charge in [-0.05, 0) is 47.6 Å². The van der Waals surface area contributed by atoms with Crippen LogP contribution in [0.15, 0.2) is 24.3 Å². The molecule has 0 radical (unpaired) electrons. The Morgan fingerprint density at radius 1 is 1.37 bits per heavy atom. The van der Waals surface area contributed by atoms with Crippen molar-refractivity contribution in [3.63, 3.8) is 0 Å². The Morgan fingerprint density at radius 3 is 2.79 bits per heavy atom. The number of halogens is 1. The summed E-state index contributed by atoms with van der Waals surface area (Å²) < 4.78 is 5.70. The van der Waals surface area contributed by atoms with Crippen LogP contribution in [-0.2, 0) is 9.53 Å². The first-order chi connectivity index (χ1) is 9.13. The zero-order valence-corrected chi connectivity index (χ0v) is 12.9. The second-order valence-electron chi connectivity index (χ2n) is 4.59. The van der Waals surface area contributed by atoms with Crippen molar-refractivity contribution >= 4 is 34.5 Å². The van der Waals surface area contributed by atoms with Crippen LogP contribution in [0.2, 0.25) is 0 Å². The van der Waals surface area contributed by atoms with Crippen molar-refractivity contribution in [3.05, 3.63) is 33.4 Å². The number of benzene rings is 1. The third-order valence-corrected chi connectivity index (χ3v) is 4.29. The van der Waals surface area contributed by atoms with Crippen LogP contribution in [0.4, 0.5) is 0 Å². The molecule has 1 aromatic rings. The van der Waals surface area contributed by atoms with Crippen LogP contribution >= 0.6 is 22.6 Å². The molecule has 1 aliphatic heterocycles. The van der Waals surface area contributed by atoms with E-state index in [9.17, 15) is 9.59 Å². The molecule has 1 unspecified atom stereocenters. The molecule has 1 atom stereocenters. The molecule has 4 nitrogen and oxygen atoms in total. The summed E-state index contributed by atoms with van der Waals surface area (Å²) in [5.74, 6) is -0.414. The van der Waals surface area contributed by atoms with Crippen molar-refractivity contribution in [2.24, 2.45) is 5.92 Å². The van der Waals surface area contributed by atoms with Crippen LogP contribution in [0.1, 0.15) is 23.2 Å². The van der Waals surface area contributed by atoms with Crippen molar-refractivity contribution in [1.82, 2.24) is 4.90 Å². The lowest BCUT2D eigenvalue weighted by Crippen LogP contribution is -2.42. The number of nitrogens with zero attached hydrogens (tertiary/aromatic N) is 1. The molecule has 0 spiro atoms. The lowest BCUT2D eigenvalue weighted by molar-refractivity contribution is -0.146. The number of hydrogen-bond donors (Lipinski definition) is 0. The van der Waals surface area contributed by atoms with Crippen LogP contribution in [0, 0.1) is 9.49 Å². The highest BCUT2D eigenvalue weighted by atomic mass is 127. The van der Waals surface area contributed by atoms with Gasteiger partial charge in [-0.2, -0.15) is 0 Å². The Hall–Kier alpha value is -1.11. The van der Waals surface area contributed by atoms with E-state index in [0.29, 0.717) is 18.7 Å². The van der Waals surface area contributed by atoms with Gasteiger partial charge in [-0.1, -0.05) is 12.1 Å². The summed E-state index contributed by atoms with van der Waals surface area (Å²) >= 11 is 2.16. The molecular formula is C14H16INO3. The Morgan fingerprint density at radius 2 is 2.11 bits per heavy atom. The molecule has 1 fully saturated rings. The van der Waals surface area contributed by atoms with E-state index in [-0.39, 0.29) is 17.8 Å². The predicted molar refractivity (Wildman–Crippen MR) is 79.8 cm³/mol. The molecule has 102 valence electrons. The zero-order valence-electron chi connectivity index (χ0n) is 10.8. The third-order valence-electron chi connectivity index (χ3n) is 3.35. The lowest BCUT2D eigenvalue weighted by Gasteiger charge is -2.31. The van der Waals surface area contributed by atoms with Crippen LogP contribution in [0.25, 0.3) is 0 Å². The van der Waals surface area contributed by atoms with Gasteiger partial charge >= 0.3 is 5.97 Å². The monoisotopic (exact) mass is 373 g/mol. The van der Waals surface area contributed by atoms with Gasteiger partial charge in [-0.25, -0.2) is 0 Å². The molecule has 2 rings (SSSR count). The fourth-order valence-electron chi connectivity index (χ4n) is 2.33. The average molecular weight is 373 g/mol. The molecule has 1 amide bonds. The third kappa shape index (κ3) is 3.26. The highest BCUT2D eigenvalue weighted by Gasteiger charge is 2.29. The summed E-state index contributed by atoms with van der Waals surface area (Å²) in [6.45, 7) is 1.16. The van der Waals surface area contributed by atoms with Gasteiger partial charge in [0, 0.05) is 16.7 Å². The number of hydrogen-bond acceptors (Lipinski definition) is 3. The van der Waals surface area contributed by atoms with Crippen LogP contribution in [0.3, 0.4) is 0 Å². The van der Waals surface area contributed by atoms with Gasteiger partial charge in [0.25, 0.3) is 5.91 Å². The van der Waals surface area contributed by atoms with Gasteiger partial charge in [0.15, 0.2) is 0 Å². The van der Waals surface area contributed by atoms with Crippen molar-refractivity contribution in [1.29, 1.82) is 0 Å². The fourth-order valence-corrected chi connectivity index (χ4v) is 2.94. The van der Waals surface area contributed by atoms with Crippen molar-refractivity contribution in [2.45, 2.75) is 12.8 Å². The second-order valence-corrected chi connectivity index (χ2v) is 5.76. The van der Waals surface area contributed by atoms with Gasteiger partial charge in [0.2, 0.25) is 0 Å². The first-order valence-electron chi connectivity index (χ1n) is 6.25. The maximum absolute atomic E-state index is 12.4. The maximum Gasteiger partial charge on any atom is 0.310 e. The largest absolute Gasteiger partial charge is 0.469 e. The molecule has 0 aromatic heterocycles. The van der Waals surface area contributed by atoms with Crippen LogP contribution < -0.4 is 0 Å². The maximum atomic E-state index is 12.4. The smallest absolute Gasteiger partial charge is 0.310 e. The summed E-state index contributed by atoms with van der Waals surface area (Å²) in [7, 11) is 1.39. The summed E-state index contributed by atoms with van der Waals surface area (Å²) in [6, 6.07) is 7.50. The van der Waals surface area contributed by atoms with Crippen LogP contribution in [-0.4, -0.2) is 37.0 Å². The standard InChI is InChI=1S/C14H16INO3/c1-19-14(18)10-5-4-8-16(9-10)13(17)11-6-2-3-7-12(11)15/h2-3,6-7,10H,4-5,8-9H2,1H3. The normalized spacial score (nSPS) is 19.1. The van der Waals surface area contributed by atoms with Gasteiger partial charge in [-0.15, -0.1) is 0 Å². The van der Waals surface area contributed by atoms with E-state index in [2.05, 4.69) is 22.6 Å². The molecule has 0 saturated carbocycles. The minimum atomic E-state index is -0.222. The molecule has 1 saturated heterocycles. The summed E-state index contributed by atoms with van der Waals surface area (Å²) in [5.41, 5.74) is 0.702. The van der Waals surface area contributed by atoms with Gasteiger partial charge in [0.05, 0.1) is 18.6 Å². The number of rotatable bonds is 2. The van der Waals surface area contributed by atoms with Gasteiger partial charge < -0.3 is 9.64 Å². The fraction of sp³-hybridized carbons (Fsp3) is 0.429. The summed E-state index contributed by atoms with van der Waals surface area (Å²) in [6.07, 6.45) is 1.64. The Bertz CT molecular complexity index is 489. The molecule has 19 heavy (non-hydrogen) atoms. The van der Waals surface area contributed by atoms with E-state index in [4.69, 9.17) is 4.74 Å². The highest BCUT2D eigenvalue weighted by molar-refractivity contribution is 14.1. The average Bonchev–Trinajstić information content (AvgIpc) is 2.46. The molecule has 0 bridgehead atoms. The minimum Gasteiger partial charge on any atom is -0.469 e. The van der Waals surface area contributed by atoms with E-state index >= 15 is 0 Å². The van der Waals surface area contributed by atoms with E-state index in [0.717, 1.165) is 16.4 Å². The number of carbonyl (C=O) groups is 2. The molecule has 1 aliphatic rings. The first-order valence-corrected chi connectivity index (χ1v) is 7.33. The molecule has 1 heterocycles. The number of amides is 1.